The topological polar surface area (TPSA) is 56.7 Å². The van der Waals surface area contributed by atoms with Crippen LogP contribution in [0.5, 0.6) is 0 Å². The average molecular weight is 502 g/mol. The molecule has 7 heteroatoms. The summed E-state index contributed by atoms with van der Waals surface area (Å²) in [6, 6.07) is 8.10. The van der Waals surface area contributed by atoms with E-state index in [2.05, 4.69) is 51.3 Å². The molecule has 150 valence electrons. The van der Waals surface area contributed by atoms with Gasteiger partial charge in [-0.1, -0.05) is 25.5 Å². The number of nitrogens with one attached hydrogen (secondary N) is 2. The minimum atomic E-state index is 0. The first-order chi connectivity index (χ1) is 12.7. The number of thioether (sulfide) groups is 1. The van der Waals surface area contributed by atoms with Gasteiger partial charge < -0.3 is 15.5 Å². The molecule has 1 aromatic rings. The highest BCUT2D eigenvalue weighted by Gasteiger charge is 2.25. The molecule has 5 nitrogen and oxygen atoms in total. The molecule has 0 aromatic heterocycles. The van der Waals surface area contributed by atoms with Crippen molar-refractivity contribution in [1.82, 2.24) is 10.2 Å². The summed E-state index contributed by atoms with van der Waals surface area (Å²) in [5, 5.41) is 7.22. The van der Waals surface area contributed by atoms with Crippen LogP contribution in [-0.2, 0) is 11.3 Å². The first-order valence-electron chi connectivity index (χ1n) is 9.66. The molecule has 3 rings (SSSR count). The van der Waals surface area contributed by atoms with Gasteiger partial charge in [0.1, 0.15) is 0 Å². The molecule has 0 spiro atoms. The number of hydrogen-bond donors (Lipinski definition) is 2. The zero-order valence-corrected chi connectivity index (χ0v) is 19.4. The van der Waals surface area contributed by atoms with Gasteiger partial charge in [0.25, 0.3) is 0 Å². The molecule has 2 aliphatic rings. The highest BCUT2D eigenvalue weighted by Crippen LogP contribution is 2.27. The number of anilines is 1. The fourth-order valence-electron chi connectivity index (χ4n) is 3.35. The number of amides is 1. The Bertz CT molecular complexity index is 651. The third kappa shape index (κ3) is 6.27. The van der Waals surface area contributed by atoms with Crippen molar-refractivity contribution in [3.63, 3.8) is 0 Å². The number of nitrogens with zero attached hydrogens (tertiary/aromatic N) is 2. The van der Waals surface area contributed by atoms with E-state index in [1.165, 1.54) is 12.8 Å². The van der Waals surface area contributed by atoms with Crippen LogP contribution in [0.3, 0.4) is 0 Å². The van der Waals surface area contributed by atoms with Crippen LogP contribution in [-0.4, -0.2) is 47.9 Å². The van der Waals surface area contributed by atoms with Gasteiger partial charge in [-0.15, -0.1) is 24.0 Å². The van der Waals surface area contributed by atoms with E-state index in [0.717, 1.165) is 48.9 Å². The van der Waals surface area contributed by atoms with Gasteiger partial charge in [-0.3, -0.25) is 9.79 Å². The Morgan fingerprint density at radius 1 is 1.37 bits per heavy atom. The van der Waals surface area contributed by atoms with Crippen molar-refractivity contribution in [3.05, 3.63) is 29.8 Å². The first-order valence-corrected chi connectivity index (χ1v) is 10.7. The summed E-state index contributed by atoms with van der Waals surface area (Å²) in [5.41, 5.74) is 2.03. The van der Waals surface area contributed by atoms with Crippen molar-refractivity contribution in [2.24, 2.45) is 10.9 Å². The third-order valence-electron chi connectivity index (χ3n) is 5.23. The number of guanidine groups is 1. The molecule has 1 aliphatic carbocycles. The van der Waals surface area contributed by atoms with Gasteiger partial charge in [-0.2, -0.15) is 11.8 Å². The number of hydrogen-bond acceptors (Lipinski definition) is 3. The molecule has 1 heterocycles. The maximum atomic E-state index is 12.1. The van der Waals surface area contributed by atoms with Crippen LogP contribution in [0.25, 0.3) is 0 Å². The zero-order chi connectivity index (χ0) is 18.4. The molecular formula is C20H31IN4OS. The van der Waals surface area contributed by atoms with Gasteiger partial charge in [0.05, 0.1) is 0 Å². The van der Waals surface area contributed by atoms with Crippen LogP contribution in [0.2, 0.25) is 0 Å². The van der Waals surface area contributed by atoms with E-state index >= 15 is 0 Å². The predicted octanol–water partition coefficient (Wildman–Crippen LogP) is 3.95. The predicted molar refractivity (Wildman–Crippen MR) is 126 cm³/mol. The van der Waals surface area contributed by atoms with Crippen LogP contribution < -0.4 is 10.6 Å². The summed E-state index contributed by atoms with van der Waals surface area (Å²) >= 11 is 2.06. The van der Waals surface area contributed by atoms with Gasteiger partial charge in [0.2, 0.25) is 5.91 Å². The average Bonchev–Trinajstić information content (AvgIpc) is 2.61. The summed E-state index contributed by atoms with van der Waals surface area (Å²) in [6.45, 7) is 5.05. The third-order valence-corrected chi connectivity index (χ3v) is 6.60. The lowest BCUT2D eigenvalue weighted by atomic mass is 9.85. The van der Waals surface area contributed by atoms with Gasteiger partial charge in [0, 0.05) is 49.3 Å². The molecular weight excluding hydrogens is 471 g/mol. The van der Waals surface area contributed by atoms with Crippen LogP contribution in [0, 0.1) is 5.92 Å². The molecule has 1 aromatic carbocycles. The normalized spacial score (nSPS) is 20.4. The van der Waals surface area contributed by atoms with E-state index in [1.807, 2.05) is 19.2 Å². The highest BCUT2D eigenvalue weighted by atomic mass is 127. The number of aliphatic imine (C=N–C) groups is 1. The Kier molecular flexibility index (Phi) is 9.21. The summed E-state index contributed by atoms with van der Waals surface area (Å²) in [5.74, 6) is 2.49. The summed E-state index contributed by atoms with van der Waals surface area (Å²) in [6.07, 6.45) is 4.42. The monoisotopic (exact) mass is 502 g/mol. The molecule has 1 atom stereocenters. The van der Waals surface area contributed by atoms with Crippen LogP contribution >= 0.6 is 35.7 Å². The lowest BCUT2D eigenvalue weighted by molar-refractivity contribution is -0.122. The number of halogens is 1. The van der Waals surface area contributed by atoms with Crippen molar-refractivity contribution >= 4 is 53.3 Å². The minimum absolute atomic E-state index is 0. The van der Waals surface area contributed by atoms with Crippen molar-refractivity contribution in [1.29, 1.82) is 0 Å². The Morgan fingerprint density at radius 2 is 2.19 bits per heavy atom. The largest absolute Gasteiger partial charge is 0.352 e. The SMILES string of the molecule is CCC1CN(C(=NC)NCc2cccc(NC(=O)C3CCC3)c2)CCS1.I. The number of carbonyl (C=O) groups is 1. The van der Waals surface area contributed by atoms with Crippen molar-refractivity contribution in [2.45, 2.75) is 44.4 Å². The van der Waals surface area contributed by atoms with Gasteiger partial charge in [0.15, 0.2) is 5.96 Å². The highest BCUT2D eigenvalue weighted by molar-refractivity contribution is 14.0. The lowest BCUT2D eigenvalue weighted by Crippen LogP contribution is -2.47. The van der Waals surface area contributed by atoms with Crippen LogP contribution in [0.15, 0.2) is 29.3 Å². The van der Waals surface area contributed by atoms with E-state index in [0.29, 0.717) is 11.8 Å². The Morgan fingerprint density at radius 3 is 2.85 bits per heavy atom. The standard InChI is InChI=1S/C20H30N4OS.HI/c1-3-18-14-24(10-11-26-18)20(21-2)22-13-15-6-4-9-17(12-15)23-19(25)16-7-5-8-16;/h4,6,9,12,16,18H,3,5,7-8,10-11,13-14H2,1-2H3,(H,21,22)(H,23,25);1H. The number of carbonyl (C=O) groups excluding carboxylic acids is 1. The molecule has 1 aliphatic heterocycles. The van der Waals surface area contributed by atoms with Crippen molar-refractivity contribution in [2.75, 3.05) is 31.2 Å². The van der Waals surface area contributed by atoms with Crippen LogP contribution in [0.4, 0.5) is 5.69 Å². The van der Waals surface area contributed by atoms with E-state index in [-0.39, 0.29) is 35.8 Å². The van der Waals surface area contributed by atoms with Crippen molar-refractivity contribution in [3.8, 4) is 0 Å². The molecule has 0 radical (unpaired) electrons. The van der Waals surface area contributed by atoms with E-state index in [1.54, 1.807) is 0 Å². The van der Waals surface area contributed by atoms with E-state index < -0.39 is 0 Å². The summed E-state index contributed by atoms with van der Waals surface area (Å²) in [7, 11) is 1.85. The summed E-state index contributed by atoms with van der Waals surface area (Å²) < 4.78 is 0. The Balaban J connectivity index is 0.00000261. The lowest BCUT2D eigenvalue weighted by Gasteiger charge is -2.34. The molecule has 2 N–H and O–H groups in total. The molecule has 27 heavy (non-hydrogen) atoms. The Labute approximate surface area is 184 Å². The molecule has 2 fully saturated rings. The van der Waals surface area contributed by atoms with Crippen LogP contribution in [0.1, 0.15) is 38.2 Å². The molecule has 1 unspecified atom stereocenters. The fourth-order valence-corrected chi connectivity index (χ4v) is 4.53. The maximum absolute atomic E-state index is 12.1. The summed E-state index contributed by atoms with van der Waals surface area (Å²) in [4.78, 5) is 18.9. The van der Waals surface area contributed by atoms with E-state index in [4.69, 9.17) is 0 Å². The fraction of sp³-hybridized carbons (Fsp3) is 0.600. The smallest absolute Gasteiger partial charge is 0.227 e. The van der Waals surface area contributed by atoms with Crippen molar-refractivity contribution < 1.29 is 4.79 Å². The second kappa shape index (κ2) is 11.1. The molecule has 1 saturated carbocycles. The maximum Gasteiger partial charge on any atom is 0.227 e. The molecule has 1 amide bonds. The molecule has 1 saturated heterocycles. The second-order valence-electron chi connectivity index (χ2n) is 7.07. The van der Waals surface area contributed by atoms with E-state index in [9.17, 15) is 4.79 Å². The Hall–Kier alpha value is -0.960. The quantitative estimate of drug-likeness (QED) is 0.364. The van der Waals surface area contributed by atoms with Gasteiger partial charge in [-0.25, -0.2) is 0 Å². The van der Waals surface area contributed by atoms with Gasteiger partial charge in [-0.05, 0) is 37.0 Å². The zero-order valence-electron chi connectivity index (χ0n) is 16.2. The second-order valence-corrected chi connectivity index (χ2v) is 8.47. The molecule has 0 bridgehead atoms. The number of rotatable bonds is 5. The number of benzene rings is 1. The van der Waals surface area contributed by atoms with Gasteiger partial charge >= 0.3 is 0 Å². The first kappa shape index (κ1) is 22.3. The minimum Gasteiger partial charge on any atom is -0.352 e.